The summed E-state index contributed by atoms with van der Waals surface area (Å²) >= 11 is 3.39. The predicted octanol–water partition coefficient (Wildman–Crippen LogP) is 2.09. The second kappa shape index (κ2) is 5.30. The number of carbonyl (C=O) groups excluding carboxylic acids is 1. The zero-order chi connectivity index (χ0) is 11.5. The Morgan fingerprint density at radius 3 is 2.73 bits per heavy atom. The summed E-state index contributed by atoms with van der Waals surface area (Å²) in [6.45, 7) is 6.77. The number of hydrogen-bond donors (Lipinski definition) is 1. The number of rotatable bonds is 4. The van der Waals surface area contributed by atoms with Crippen molar-refractivity contribution in [2.24, 2.45) is 5.92 Å². The first-order valence-electron chi connectivity index (χ1n) is 5.46. The van der Waals surface area contributed by atoms with E-state index in [0.29, 0.717) is 6.61 Å². The maximum Gasteiger partial charge on any atom is 0.226 e. The van der Waals surface area contributed by atoms with E-state index in [4.69, 9.17) is 4.74 Å². The van der Waals surface area contributed by atoms with Gasteiger partial charge in [-0.1, -0.05) is 15.9 Å². The lowest BCUT2D eigenvalue weighted by Gasteiger charge is -2.27. The van der Waals surface area contributed by atoms with Gasteiger partial charge in [-0.3, -0.25) is 4.79 Å². The van der Waals surface area contributed by atoms with E-state index in [9.17, 15) is 4.79 Å². The van der Waals surface area contributed by atoms with E-state index in [2.05, 4.69) is 21.2 Å². The molecular weight excluding hydrogens is 258 g/mol. The number of nitrogens with one attached hydrogen (secondary N) is 1. The largest absolute Gasteiger partial charge is 0.378 e. The van der Waals surface area contributed by atoms with Gasteiger partial charge in [-0.25, -0.2) is 0 Å². The SMILES string of the molecule is CC1OCCC1C(=O)NC(C)(C)CCBr. The second-order valence-electron chi connectivity index (χ2n) is 4.78. The molecule has 3 nitrogen and oxygen atoms in total. The highest BCUT2D eigenvalue weighted by molar-refractivity contribution is 9.09. The summed E-state index contributed by atoms with van der Waals surface area (Å²) in [6, 6.07) is 0. The molecule has 2 unspecified atom stereocenters. The van der Waals surface area contributed by atoms with E-state index in [-0.39, 0.29) is 23.5 Å². The highest BCUT2D eigenvalue weighted by Gasteiger charge is 2.33. The van der Waals surface area contributed by atoms with Crippen molar-refractivity contribution in [3.63, 3.8) is 0 Å². The monoisotopic (exact) mass is 277 g/mol. The van der Waals surface area contributed by atoms with Crippen LogP contribution in [0.4, 0.5) is 0 Å². The molecule has 0 radical (unpaired) electrons. The van der Waals surface area contributed by atoms with Gasteiger partial charge in [-0.05, 0) is 33.6 Å². The molecule has 88 valence electrons. The van der Waals surface area contributed by atoms with Gasteiger partial charge in [0.2, 0.25) is 5.91 Å². The summed E-state index contributed by atoms with van der Waals surface area (Å²) in [4.78, 5) is 11.9. The fourth-order valence-corrected chi connectivity index (χ4v) is 2.79. The fraction of sp³-hybridized carbons (Fsp3) is 0.909. The van der Waals surface area contributed by atoms with Crippen LogP contribution in [-0.4, -0.2) is 29.5 Å². The van der Waals surface area contributed by atoms with Gasteiger partial charge >= 0.3 is 0 Å². The maximum absolute atomic E-state index is 11.9. The van der Waals surface area contributed by atoms with Crippen LogP contribution < -0.4 is 5.32 Å². The van der Waals surface area contributed by atoms with Crippen LogP contribution in [-0.2, 0) is 9.53 Å². The van der Waals surface area contributed by atoms with Gasteiger partial charge in [-0.2, -0.15) is 0 Å². The molecule has 1 amide bonds. The molecule has 1 rings (SSSR count). The first kappa shape index (κ1) is 13.0. The molecule has 0 aromatic rings. The first-order chi connectivity index (χ1) is 6.96. The van der Waals surface area contributed by atoms with Crippen molar-refractivity contribution in [1.82, 2.24) is 5.32 Å². The molecule has 2 atom stereocenters. The summed E-state index contributed by atoms with van der Waals surface area (Å²) in [5.41, 5.74) is -0.136. The van der Waals surface area contributed by atoms with Crippen LogP contribution in [0.1, 0.15) is 33.6 Å². The molecule has 15 heavy (non-hydrogen) atoms. The van der Waals surface area contributed by atoms with Gasteiger partial charge in [-0.15, -0.1) is 0 Å². The molecule has 1 fully saturated rings. The van der Waals surface area contributed by atoms with E-state index >= 15 is 0 Å². The molecule has 0 aromatic heterocycles. The third-order valence-electron chi connectivity index (χ3n) is 2.89. The second-order valence-corrected chi connectivity index (χ2v) is 5.58. The average Bonchev–Trinajstić information content (AvgIpc) is 2.50. The molecule has 0 aliphatic carbocycles. The molecule has 0 bridgehead atoms. The van der Waals surface area contributed by atoms with Crippen molar-refractivity contribution < 1.29 is 9.53 Å². The number of carbonyl (C=O) groups is 1. The Balaban J connectivity index is 2.47. The number of amides is 1. The van der Waals surface area contributed by atoms with Crippen molar-refractivity contribution in [3.05, 3.63) is 0 Å². The Kier molecular flexibility index (Phi) is 4.59. The van der Waals surface area contributed by atoms with E-state index in [1.807, 2.05) is 20.8 Å². The molecule has 1 aliphatic heterocycles. The summed E-state index contributed by atoms with van der Waals surface area (Å²) in [5.74, 6) is 0.158. The third kappa shape index (κ3) is 3.76. The summed E-state index contributed by atoms with van der Waals surface area (Å²) in [5, 5.41) is 3.98. The molecule has 1 saturated heterocycles. The highest BCUT2D eigenvalue weighted by atomic mass is 79.9. The summed E-state index contributed by atoms with van der Waals surface area (Å²) in [7, 11) is 0. The zero-order valence-corrected chi connectivity index (χ0v) is 11.3. The topological polar surface area (TPSA) is 38.3 Å². The van der Waals surface area contributed by atoms with Gasteiger partial charge < -0.3 is 10.1 Å². The molecular formula is C11H20BrNO2. The standard InChI is InChI=1S/C11H20BrNO2/c1-8-9(4-7-15-8)10(14)13-11(2,3)5-6-12/h8-9H,4-7H2,1-3H3,(H,13,14). The van der Waals surface area contributed by atoms with Crippen LogP contribution in [0.15, 0.2) is 0 Å². The highest BCUT2D eigenvalue weighted by Crippen LogP contribution is 2.22. The van der Waals surface area contributed by atoms with E-state index in [1.54, 1.807) is 0 Å². The van der Waals surface area contributed by atoms with Crippen molar-refractivity contribution in [1.29, 1.82) is 0 Å². The van der Waals surface area contributed by atoms with Crippen LogP contribution in [0.5, 0.6) is 0 Å². The summed E-state index contributed by atoms with van der Waals surface area (Å²) in [6.07, 6.45) is 1.84. The number of halogens is 1. The molecule has 0 aromatic carbocycles. The van der Waals surface area contributed by atoms with Crippen LogP contribution in [0, 0.1) is 5.92 Å². The van der Waals surface area contributed by atoms with E-state index in [0.717, 1.165) is 18.2 Å². The van der Waals surface area contributed by atoms with Crippen LogP contribution in [0.2, 0.25) is 0 Å². The fourth-order valence-electron chi connectivity index (χ4n) is 1.80. The molecule has 1 N–H and O–H groups in total. The Hall–Kier alpha value is -0.0900. The molecule has 0 saturated carbocycles. The zero-order valence-electron chi connectivity index (χ0n) is 9.68. The van der Waals surface area contributed by atoms with Crippen molar-refractivity contribution in [2.45, 2.75) is 45.3 Å². The smallest absolute Gasteiger partial charge is 0.226 e. The van der Waals surface area contributed by atoms with Gasteiger partial charge in [0, 0.05) is 17.5 Å². The lowest BCUT2D eigenvalue weighted by Crippen LogP contribution is -2.47. The maximum atomic E-state index is 11.9. The van der Waals surface area contributed by atoms with E-state index in [1.165, 1.54) is 0 Å². The van der Waals surface area contributed by atoms with E-state index < -0.39 is 0 Å². The lowest BCUT2D eigenvalue weighted by atomic mass is 9.97. The van der Waals surface area contributed by atoms with Gasteiger partial charge in [0.15, 0.2) is 0 Å². The van der Waals surface area contributed by atoms with Crippen molar-refractivity contribution in [3.8, 4) is 0 Å². The number of alkyl halides is 1. The first-order valence-corrected chi connectivity index (χ1v) is 6.58. The molecule has 0 spiro atoms. The quantitative estimate of drug-likeness (QED) is 0.800. The van der Waals surface area contributed by atoms with Crippen LogP contribution in [0.3, 0.4) is 0 Å². The number of hydrogen-bond acceptors (Lipinski definition) is 2. The Labute approximate surface area is 100 Å². The number of ether oxygens (including phenoxy) is 1. The van der Waals surface area contributed by atoms with Crippen molar-refractivity contribution in [2.75, 3.05) is 11.9 Å². The Morgan fingerprint density at radius 2 is 2.27 bits per heavy atom. The minimum Gasteiger partial charge on any atom is -0.378 e. The molecule has 4 heteroatoms. The lowest BCUT2D eigenvalue weighted by molar-refractivity contribution is -0.128. The molecule has 1 heterocycles. The van der Waals surface area contributed by atoms with Gasteiger partial charge in [0.1, 0.15) is 0 Å². The van der Waals surface area contributed by atoms with Crippen LogP contribution in [0.25, 0.3) is 0 Å². The minimum absolute atomic E-state index is 0.0274. The van der Waals surface area contributed by atoms with Gasteiger partial charge in [0.25, 0.3) is 0 Å². The van der Waals surface area contributed by atoms with Crippen LogP contribution >= 0.6 is 15.9 Å². The normalized spacial score (nSPS) is 26.7. The predicted molar refractivity (Wildman–Crippen MR) is 64.2 cm³/mol. The molecule has 1 aliphatic rings. The van der Waals surface area contributed by atoms with Gasteiger partial charge in [0.05, 0.1) is 12.0 Å². The van der Waals surface area contributed by atoms with Crippen molar-refractivity contribution >= 4 is 21.8 Å². The Morgan fingerprint density at radius 1 is 1.60 bits per heavy atom. The third-order valence-corrected chi connectivity index (χ3v) is 3.29. The average molecular weight is 278 g/mol. The minimum atomic E-state index is -0.136. The summed E-state index contributed by atoms with van der Waals surface area (Å²) < 4.78 is 5.39. The Bertz CT molecular complexity index is 231.